The zero-order chi connectivity index (χ0) is 13.7. The Morgan fingerprint density at radius 1 is 1.68 bits per heavy atom. The Hall–Kier alpha value is -1.66. The highest BCUT2D eigenvalue weighted by atomic mass is 16.5. The molecule has 0 aromatic carbocycles. The summed E-state index contributed by atoms with van der Waals surface area (Å²) in [5, 5.41) is 0. The van der Waals surface area contributed by atoms with E-state index in [1.54, 1.807) is 30.3 Å². The van der Waals surface area contributed by atoms with Crippen molar-refractivity contribution in [1.82, 2.24) is 9.88 Å². The number of nitrogens with one attached hydrogen (secondary N) is 1. The molecule has 1 atom stereocenters. The maximum Gasteiger partial charge on any atom is 0.272 e. The van der Waals surface area contributed by atoms with E-state index in [1.165, 1.54) is 0 Å². The smallest absolute Gasteiger partial charge is 0.272 e. The maximum absolute atomic E-state index is 12.2. The molecule has 6 nitrogen and oxygen atoms in total. The minimum Gasteiger partial charge on any atom is -0.381 e. The Bertz CT molecular complexity index is 432. The van der Waals surface area contributed by atoms with E-state index in [4.69, 9.17) is 10.6 Å². The minimum absolute atomic E-state index is 0.0947. The summed E-state index contributed by atoms with van der Waals surface area (Å²) < 4.78 is 5.42. The normalized spacial score (nSPS) is 18.9. The van der Waals surface area contributed by atoms with Crippen LogP contribution in [0.4, 0.5) is 5.69 Å². The molecule has 1 saturated heterocycles. The number of nitrogens with two attached hydrogens (primary N) is 1. The van der Waals surface area contributed by atoms with Gasteiger partial charge in [-0.1, -0.05) is 0 Å². The zero-order valence-corrected chi connectivity index (χ0v) is 11.1. The van der Waals surface area contributed by atoms with Gasteiger partial charge in [0.05, 0.1) is 12.3 Å². The average molecular weight is 264 g/mol. The third-order valence-electron chi connectivity index (χ3n) is 3.28. The number of aromatic nitrogens is 1. The van der Waals surface area contributed by atoms with Crippen molar-refractivity contribution in [3.05, 3.63) is 24.0 Å². The second-order valence-corrected chi connectivity index (χ2v) is 4.84. The molecule has 1 aliphatic heterocycles. The van der Waals surface area contributed by atoms with Gasteiger partial charge in [-0.2, -0.15) is 0 Å². The van der Waals surface area contributed by atoms with Gasteiger partial charge in [-0.3, -0.25) is 15.6 Å². The predicted molar refractivity (Wildman–Crippen MR) is 72.6 cm³/mol. The molecule has 104 valence electrons. The Morgan fingerprint density at radius 2 is 2.53 bits per heavy atom. The first-order chi connectivity index (χ1) is 9.20. The largest absolute Gasteiger partial charge is 0.381 e. The zero-order valence-electron chi connectivity index (χ0n) is 11.1. The summed E-state index contributed by atoms with van der Waals surface area (Å²) in [5.74, 6) is 5.65. The summed E-state index contributed by atoms with van der Waals surface area (Å²) in [6.07, 6.45) is 3.74. The number of rotatable bonds is 4. The summed E-state index contributed by atoms with van der Waals surface area (Å²) in [7, 11) is 1.79. The SMILES string of the molecule is CN(CC1CCCOC1)C(=O)c1cc(NN)ccn1. The molecule has 2 heterocycles. The molecule has 0 saturated carbocycles. The number of hydrogen-bond donors (Lipinski definition) is 2. The summed E-state index contributed by atoms with van der Waals surface area (Å²) in [6, 6.07) is 3.36. The van der Waals surface area contributed by atoms with Crippen molar-refractivity contribution < 1.29 is 9.53 Å². The standard InChI is InChI=1S/C13H20N4O2/c1-17(8-10-3-2-6-19-9-10)13(18)12-7-11(16-14)4-5-15-12/h4-5,7,10H,2-3,6,8-9,14H2,1H3,(H,15,16). The van der Waals surface area contributed by atoms with Gasteiger partial charge in [0.2, 0.25) is 0 Å². The maximum atomic E-state index is 12.2. The van der Waals surface area contributed by atoms with Crippen molar-refractivity contribution in [2.75, 3.05) is 32.2 Å². The third-order valence-corrected chi connectivity index (χ3v) is 3.28. The fraction of sp³-hybridized carbons (Fsp3) is 0.538. The van der Waals surface area contributed by atoms with Crippen LogP contribution < -0.4 is 11.3 Å². The Kier molecular flexibility index (Phi) is 4.70. The number of hydrogen-bond acceptors (Lipinski definition) is 5. The molecule has 2 rings (SSSR count). The molecule has 1 aromatic rings. The third kappa shape index (κ3) is 3.65. The molecule has 1 unspecified atom stereocenters. The number of carbonyl (C=O) groups is 1. The molecular weight excluding hydrogens is 244 g/mol. The first-order valence-electron chi connectivity index (χ1n) is 6.46. The van der Waals surface area contributed by atoms with E-state index < -0.39 is 0 Å². The fourth-order valence-electron chi connectivity index (χ4n) is 2.25. The number of pyridine rings is 1. The van der Waals surface area contributed by atoms with Crippen LogP contribution in [0.15, 0.2) is 18.3 Å². The van der Waals surface area contributed by atoms with Gasteiger partial charge >= 0.3 is 0 Å². The van der Waals surface area contributed by atoms with Crippen molar-refractivity contribution >= 4 is 11.6 Å². The molecule has 0 bridgehead atoms. The Morgan fingerprint density at radius 3 is 3.21 bits per heavy atom. The molecule has 1 fully saturated rings. The summed E-state index contributed by atoms with van der Waals surface area (Å²) >= 11 is 0. The van der Waals surface area contributed by atoms with E-state index >= 15 is 0 Å². The molecule has 1 aromatic heterocycles. The van der Waals surface area contributed by atoms with Gasteiger partial charge in [0, 0.05) is 26.4 Å². The van der Waals surface area contributed by atoms with Crippen LogP contribution >= 0.6 is 0 Å². The highest BCUT2D eigenvalue weighted by molar-refractivity contribution is 5.92. The first kappa shape index (κ1) is 13.8. The van der Waals surface area contributed by atoms with E-state index in [1.807, 2.05) is 0 Å². The monoisotopic (exact) mass is 264 g/mol. The van der Waals surface area contributed by atoms with Crippen molar-refractivity contribution in [3.8, 4) is 0 Å². The van der Waals surface area contributed by atoms with Gasteiger partial charge < -0.3 is 15.1 Å². The molecule has 0 radical (unpaired) electrons. The quantitative estimate of drug-likeness (QED) is 0.623. The Labute approximate surface area is 112 Å². The van der Waals surface area contributed by atoms with Crippen LogP contribution in [0.3, 0.4) is 0 Å². The lowest BCUT2D eigenvalue weighted by atomic mass is 10.0. The number of nitrogen functional groups attached to an aromatic ring is 1. The number of hydrazine groups is 1. The average Bonchev–Trinajstić information content (AvgIpc) is 2.47. The lowest BCUT2D eigenvalue weighted by molar-refractivity contribution is 0.0387. The number of amides is 1. The van der Waals surface area contributed by atoms with Crippen molar-refractivity contribution in [2.24, 2.45) is 11.8 Å². The van der Waals surface area contributed by atoms with Crippen LogP contribution in [0.2, 0.25) is 0 Å². The molecule has 3 N–H and O–H groups in total. The van der Waals surface area contributed by atoms with Crippen LogP contribution in [0.25, 0.3) is 0 Å². The van der Waals surface area contributed by atoms with E-state index in [-0.39, 0.29) is 5.91 Å². The van der Waals surface area contributed by atoms with Crippen molar-refractivity contribution in [2.45, 2.75) is 12.8 Å². The minimum atomic E-state index is -0.0947. The van der Waals surface area contributed by atoms with Crippen LogP contribution in [0.1, 0.15) is 23.3 Å². The van der Waals surface area contributed by atoms with E-state index in [2.05, 4.69) is 10.4 Å². The molecule has 6 heteroatoms. The van der Waals surface area contributed by atoms with E-state index in [0.717, 1.165) is 26.1 Å². The molecule has 0 aliphatic carbocycles. The van der Waals surface area contributed by atoms with E-state index in [0.29, 0.717) is 23.8 Å². The molecular formula is C13H20N4O2. The molecule has 1 amide bonds. The number of anilines is 1. The van der Waals surface area contributed by atoms with Gasteiger partial charge in [-0.25, -0.2) is 0 Å². The van der Waals surface area contributed by atoms with Crippen LogP contribution in [-0.4, -0.2) is 42.6 Å². The molecule has 1 aliphatic rings. The van der Waals surface area contributed by atoms with Gasteiger partial charge in [0.1, 0.15) is 5.69 Å². The fourth-order valence-corrected chi connectivity index (χ4v) is 2.25. The molecule has 19 heavy (non-hydrogen) atoms. The Balaban J connectivity index is 1.97. The van der Waals surface area contributed by atoms with Crippen LogP contribution in [0.5, 0.6) is 0 Å². The second-order valence-electron chi connectivity index (χ2n) is 4.84. The summed E-state index contributed by atoms with van der Waals surface area (Å²) in [5.41, 5.74) is 3.58. The highest BCUT2D eigenvalue weighted by Gasteiger charge is 2.20. The number of ether oxygens (including phenoxy) is 1. The van der Waals surface area contributed by atoms with Crippen LogP contribution in [0, 0.1) is 5.92 Å². The highest BCUT2D eigenvalue weighted by Crippen LogP contribution is 2.16. The van der Waals surface area contributed by atoms with Gasteiger partial charge in [0.25, 0.3) is 5.91 Å². The lowest BCUT2D eigenvalue weighted by Gasteiger charge is -2.27. The van der Waals surface area contributed by atoms with E-state index in [9.17, 15) is 4.79 Å². The first-order valence-corrected chi connectivity index (χ1v) is 6.46. The van der Waals surface area contributed by atoms with Gasteiger partial charge in [-0.05, 0) is 30.9 Å². The van der Waals surface area contributed by atoms with Gasteiger partial charge in [0.15, 0.2) is 0 Å². The lowest BCUT2D eigenvalue weighted by Crippen LogP contribution is -2.35. The summed E-state index contributed by atoms with van der Waals surface area (Å²) in [6.45, 7) is 2.26. The topological polar surface area (TPSA) is 80.5 Å². The molecule has 0 spiro atoms. The van der Waals surface area contributed by atoms with Crippen molar-refractivity contribution in [1.29, 1.82) is 0 Å². The summed E-state index contributed by atoms with van der Waals surface area (Å²) in [4.78, 5) is 18.0. The van der Waals surface area contributed by atoms with Crippen LogP contribution in [-0.2, 0) is 4.74 Å². The second kappa shape index (κ2) is 6.49. The predicted octanol–water partition coefficient (Wildman–Crippen LogP) is 0.866. The van der Waals surface area contributed by atoms with Crippen molar-refractivity contribution in [3.63, 3.8) is 0 Å². The number of nitrogens with zero attached hydrogens (tertiary/aromatic N) is 2. The van der Waals surface area contributed by atoms with Gasteiger partial charge in [-0.15, -0.1) is 0 Å². The number of carbonyl (C=O) groups excluding carboxylic acids is 1.